The van der Waals surface area contributed by atoms with Crippen LogP contribution in [0.3, 0.4) is 0 Å². The quantitative estimate of drug-likeness (QED) is 0.562. The van der Waals surface area contributed by atoms with Crippen LogP contribution in [0, 0.1) is 12.3 Å². The number of carbonyl (C=O) groups excluding carboxylic acids is 4. The molecule has 29 heavy (non-hydrogen) atoms. The molecule has 7 nitrogen and oxygen atoms in total. The summed E-state index contributed by atoms with van der Waals surface area (Å²) in [7, 11) is 0. The molecule has 2 fully saturated rings. The normalized spacial score (nSPS) is 18.4. The SMILES string of the molecule is CCOC(=O)c1c(NC(=O)CN2C(=O)CC3(CCCCC3)C2=O)sc(C)c1CC. The lowest BCUT2D eigenvalue weighted by atomic mass is 9.73. The highest BCUT2D eigenvalue weighted by molar-refractivity contribution is 7.16. The van der Waals surface area contributed by atoms with Gasteiger partial charge >= 0.3 is 5.97 Å². The molecule has 0 atom stereocenters. The number of thiophene rings is 1. The van der Waals surface area contributed by atoms with Crippen LogP contribution in [-0.4, -0.2) is 41.7 Å². The van der Waals surface area contributed by atoms with Crippen LogP contribution in [-0.2, 0) is 25.5 Å². The number of ether oxygens (including phenoxy) is 1. The second kappa shape index (κ2) is 8.65. The molecule has 1 aliphatic carbocycles. The van der Waals surface area contributed by atoms with Crippen LogP contribution in [0.15, 0.2) is 0 Å². The van der Waals surface area contributed by atoms with Crippen LogP contribution in [0.1, 0.15) is 73.2 Å². The van der Waals surface area contributed by atoms with E-state index in [0.29, 0.717) is 29.8 Å². The average molecular weight is 421 g/mol. The molecular weight excluding hydrogens is 392 g/mol. The number of rotatable bonds is 6. The first-order chi connectivity index (χ1) is 13.8. The maximum absolute atomic E-state index is 12.9. The van der Waals surface area contributed by atoms with Crippen molar-refractivity contribution in [3.63, 3.8) is 0 Å². The van der Waals surface area contributed by atoms with Gasteiger partial charge in [-0.25, -0.2) is 4.79 Å². The van der Waals surface area contributed by atoms with Gasteiger partial charge in [0.15, 0.2) is 0 Å². The summed E-state index contributed by atoms with van der Waals surface area (Å²) in [5, 5.41) is 3.15. The zero-order valence-electron chi connectivity index (χ0n) is 17.3. The van der Waals surface area contributed by atoms with Gasteiger partial charge in [-0.3, -0.25) is 19.3 Å². The first kappa shape index (κ1) is 21.5. The van der Waals surface area contributed by atoms with Gasteiger partial charge in [0.1, 0.15) is 11.5 Å². The van der Waals surface area contributed by atoms with E-state index < -0.39 is 17.3 Å². The number of likely N-dealkylation sites (tertiary alicyclic amines) is 1. The monoisotopic (exact) mass is 420 g/mol. The van der Waals surface area contributed by atoms with Crippen molar-refractivity contribution in [1.29, 1.82) is 0 Å². The number of imide groups is 1. The van der Waals surface area contributed by atoms with E-state index in [4.69, 9.17) is 4.74 Å². The first-order valence-corrected chi connectivity index (χ1v) is 11.1. The van der Waals surface area contributed by atoms with Crippen molar-refractivity contribution in [2.24, 2.45) is 5.41 Å². The molecule has 158 valence electrons. The number of esters is 1. The molecule has 1 aromatic rings. The Morgan fingerprint density at radius 2 is 1.86 bits per heavy atom. The second-order valence-electron chi connectivity index (χ2n) is 7.77. The fraction of sp³-hybridized carbons (Fsp3) is 0.619. The zero-order valence-corrected chi connectivity index (χ0v) is 18.1. The van der Waals surface area contributed by atoms with Gasteiger partial charge in [0.25, 0.3) is 0 Å². The Hall–Kier alpha value is -2.22. The Bertz CT molecular complexity index is 838. The Kier molecular flexibility index (Phi) is 6.41. The predicted molar refractivity (Wildman–Crippen MR) is 110 cm³/mol. The third kappa shape index (κ3) is 4.08. The summed E-state index contributed by atoms with van der Waals surface area (Å²) in [6.45, 7) is 5.48. The highest BCUT2D eigenvalue weighted by atomic mass is 32.1. The summed E-state index contributed by atoms with van der Waals surface area (Å²) in [5.41, 5.74) is 0.604. The summed E-state index contributed by atoms with van der Waals surface area (Å²) < 4.78 is 5.15. The van der Waals surface area contributed by atoms with Crippen LogP contribution in [0.4, 0.5) is 5.00 Å². The molecule has 1 aromatic heterocycles. The maximum Gasteiger partial charge on any atom is 0.341 e. The van der Waals surface area contributed by atoms with Crippen LogP contribution >= 0.6 is 11.3 Å². The fourth-order valence-corrected chi connectivity index (χ4v) is 5.61. The lowest BCUT2D eigenvalue weighted by Crippen LogP contribution is -2.41. The smallest absolute Gasteiger partial charge is 0.341 e. The number of nitrogens with zero attached hydrogens (tertiary/aromatic N) is 1. The number of nitrogens with one attached hydrogen (secondary N) is 1. The molecule has 2 heterocycles. The van der Waals surface area contributed by atoms with E-state index in [9.17, 15) is 19.2 Å². The largest absolute Gasteiger partial charge is 0.462 e. The highest BCUT2D eigenvalue weighted by Crippen LogP contribution is 2.45. The Morgan fingerprint density at radius 3 is 2.48 bits per heavy atom. The maximum atomic E-state index is 12.9. The lowest BCUT2D eigenvalue weighted by molar-refractivity contribution is -0.144. The molecule has 0 bridgehead atoms. The van der Waals surface area contributed by atoms with Crippen molar-refractivity contribution < 1.29 is 23.9 Å². The number of hydrogen-bond acceptors (Lipinski definition) is 6. The van der Waals surface area contributed by atoms with Crippen LogP contribution in [0.2, 0.25) is 0 Å². The predicted octanol–water partition coefficient (Wildman–Crippen LogP) is 3.44. The van der Waals surface area contributed by atoms with Crippen LogP contribution in [0.25, 0.3) is 0 Å². The molecule has 0 aromatic carbocycles. The minimum Gasteiger partial charge on any atom is -0.462 e. The van der Waals surface area contributed by atoms with Crippen molar-refractivity contribution in [2.75, 3.05) is 18.5 Å². The number of aryl methyl sites for hydroxylation is 1. The highest BCUT2D eigenvalue weighted by Gasteiger charge is 2.51. The summed E-state index contributed by atoms with van der Waals surface area (Å²) in [6, 6.07) is 0. The van der Waals surface area contributed by atoms with Gasteiger partial charge < -0.3 is 10.1 Å². The third-order valence-electron chi connectivity index (χ3n) is 5.90. The van der Waals surface area contributed by atoms with Gasteiger partial charge in [0.05, 0.1) is 17.6 Å². The van der Waals surface area contributed by atoms with Crippen molar-refractivity contribution in [1.82, 2.24) is 4.90 Å². The Balaban J connectivity index is 1.75. The standard InChI is InChI=1S/C21H28N2O5S/c1-4-14-13(3)29-18(17(14)19(26)28-5-2)22-15(24)12-23-16(25)11-21(20(23)27)9-7-6-8-10-21/h4-12H2,1-3H3,(H,22,24). The van der Waals surface area contributed by atoms with E-state index in [1.54, 1.807) is 6.92 Å². The zero-order chi connectivity index (χ0) is 21.2. The summed E-state index contributed by atoms with van der Waals surface area (Å²) >= 11 is 1.31. The molecule has 3 rings (SSSR count). The number of anilines is 1. The minimum atomic E-state index is -0.611. The molecule has 1 saturated carbocycles. The van der Waals surface area contributed by atoms with Gasteiger partial charge in [-0.2, -0.15) is 0 Å². The number of carbonyl (C=O) groups is 4. The summed E-state index contributed by atoms with van der Waals surface area (Å²) in [4.78, 5) is 52.5. The van der Waals surface area contributed by atoms with Crippen LogP contribution in [0.5, 0.6) is 0 Å². The Labute approximate surface area is 174 Å². The van der Waals surface area contributed by atoms with Gasteiger partial charge in [0.2, 0.25) is 17.7 Å². The molecular formula is C21H28N2O5S. The van der Waals surface area contributed by atoms with E-state index in [1.165, 1.54) is 11.3 Å². The lowest BCUT2D eigenvalue weighted by Gasteiger charge is -2.30. The van der Waals surface area contributed by atoms with E-state index in [-0.39, 0.29) is 31.4 Å². The Morgan fingerprint density at radius 1 is 1.17 bits per heavy atom. The number of hydrogen-bond donors (Lipinski definition) is 1. The van der Waals surface area contributed by atoms with Crippen molar-refractivity contribution in [2.45, 2.75) is 65.7 Å². The fourth-order valence-electron chi connectivity index (χ4n) is 4.46. The van der Waals surface area contributed by atoms with Crippen molar-refractivity contribution in [3.05, 3.63) is 16.0 Å². The molecule has 1 spiro atoms. The molecule has 0 unspecified atom stereocenters. The average Bonchev–Trinajstić information content (AvgIpc) is 3.11. The molecule has 2 aliphatic rings. The van der Waals surface area contributed by atoms with Gasteiger partial charge in [0, 0.05) is 11.3 Å². The van der Waals surface area contributed by atoms with Gasteiger partial charge in [-0.05, 0) is 38.7 Å². The van der Waals surface area contributed by atoms with E-state index in [2.05, 4.69) is 5.32 Å². The van der Waals surface area contributed by atoms with Crippen molar-refractivity contribution in [3.8, 4) is 0 Å². The van der Waals surface area contributed by atoms with E-state index in [0.717, 1.165) is 34.6 Å². The minimum absolute atomic E-state index is 0.200. The number of amides is 3. The van der Waals surface area contributed by atoms with Gasteiger partial charge in [-0.15, -0.1) is 11.3 Å². The molecule has 8 heteroatoms. The topological polar surface area (TPSA) is 92.8 Å². The second-order valence-corrected chi connectivity index (χ2v) is 8.99. The summed E-state index contributed by atoms with van der Waals surface area (Å²) in [5.74, 6) is -1.46. The van der Waals surface area contributed by atoms with E-state index >= 15 is 0 Å². The van der Waals surface area contributed by atoms with Crippen molar-refractivity contribution >= 4 is 40.0 Å². The molecule has 3 amide bonds. The molecule has 0 radical (unpaired) electrons. The van der Waals surface area contributed by atoms with Crippen LogP contribution < -0.4 is 5.32 Å². The summed E-state index contributed by atoms with van der Waals surface area (Å²) in [6.07, 6.45) is 5.23. The van der Waals surface area contributed by atoms with E-state index in [1.807, 2.05) is 13.8 Å². The molecule has 1 saturated heterocycles. The first-order valence-electron chi connectivity index (χ1n) is 10.3. The molecule has 1 N–H and O–H groups in total. The third-order valence-corrected chi connectivity index (χ3v) is 6.96. The molecule has 1 aliphatic heterocycles. The van der Waals surface area contributed by atoms with Gasteiger partial charge in [-0.1, -0.05) is 26.2 Å².